The summed E-state index contributed by atoms with van der Waals surface area (Å²) in [5.74, 6) is 1.14. The summed E-state index contributed by atoms with van der Waals surface area (Å²) < 4.78 is 0. The largest absolute Gasteiger partial charge is 0.339 e. The number of aliphatic imine (C=N–C) groups is 1. The average molecular weight is 336 g/mol. The van der Waals surface area contributed by atoms with Crippen molar-refractivity contribution in [3.63, 3.8) is 0 Å². The number of guanidine groups is 1. The van der Waals surface area contributed by atoms with Gasteiger partial charge in [-0.15, -0.1) is 0 Å². The van der Waals surface area contributed by atoms with Gasteiger partial charge in [-0.2, -0.15) is 0 Å². The zero-order valence-electron chi connectivity index (χ0n) is 11.4. The molecule has 0 unspecified atom stereocenters. The van der Waals surface area contributed by atoms with Gasteiger partial charge in [0.1, 0.15) is 5.69 Å². The fourth-order valence-electron chi connectivity index (χ4n) is 2.70. The minimum absolute atomic E-state index is 0.0888. The number of hydrogen-bond donors (Lipinski definition) is 1. The number of fused-ring (bicyclic) bond motifs is 2. The number of nitrogens with zero attached hydrogens (tertiary/aromatic N) is 4. The first-order valence-corrected chi connectivity index (χ1v) is 7.52. The third-order valence-corrected chi connectivity index (χ3v) is 4.46. The summed E-state index contributed by atoms with van der Waals surface area (Å²) in [5, 5.41) is 1.01. The standard InChI is InChI=1S/C14H11Cl2N5O/c15-9-2-1-8(5-10(9)16)6-21-12-11(18-7-19-12)13(22)20-4-3-17-14(20)21/h1-2,5,7H,3-4,6H2,(H,18,19). The van der Waals surface area contributed by atoms with Crippen LogP contribution in [0.1, 0.15) is 16.1 Å². The number of benzene rings is 1. The number of carbonyl (C=O) groups is 1. The zero-order valence-corrected chi connectivity index (χ0v) is 12.9. The maximum Gasteiger partial charge on any atom is 0.280 e. The van der Waals surface area contributed by atoms with E-state index in [0.717, 1.165) is 5.56 Å². The smallest absolute Gasteiger partial charge is 0.280 e. The van der Waals surface area contributed by atoms with Crippen LogP contribution in [0.4, 0.5) is 5.82 Å². The van der Waals surface area contributed by atoms with Crippen LogP contribution in [0, 0.1) is 0 Å². The number of imidazole rings is 1. The first-order chi connectivity index (χ1) is 10.6. The van der Waals surface area contributed by atoms with Crippen LogP contribution in [-0.4, -0.2) is 39.8 Å². The van der Waals surface area contributed by atoms with Gasteiger partial charge < -0.3 is 4.98 Å². The summed E-state index contributed by atoms with van der Waals surface area (Å²) in [5.41, 5.74) is 1.45. The number of halogens is 2. The minimum Gasteiger partial charge on any atom is -0.339 e. The second-order valence-electron chi connectivity index (χ2n) is 5.07. The second-order valence-corrected chi connectivity index (χ2v) is 5.89. The molecule has 2 aliphatic rings. The number of aromatic amines is 1. The number of hydrogen-bond acceptors (Lipinski definition) is 4. The number of H-pyrrole nitrogens is 1. The van der Waals surface area contributed by atoms with Crippen LogP contribution >= 0.6 is 23.2 Å². The van der Waals surface area contributed by atoms with Crippen molar-refractivity contribution in [3.8, 4) is 0 Å². The van der Waals surface area contributed by atoms with Crippen molar-refractivity contribution in [3.05, 3.63) is 45.8 Å². The lowest BCUT2D eigenvalue weighted by Gasteiger charge is -2.33. The van der Waals surface area contributed by atoms with Crippen molar-refractivity contribution in [1.29, 1.82) is 0 Å². The Hall–Kier alpha value is -2.05. The molecule has 4 rings (SSSR count). The molecule has 0 bridgehead atoms. The van der Waals surface area contributed by atoms with E-state index >= 15 is 0 Å². The first-order valence-electron chi connectivity index (χ1n) is 6.76. The Morgan fingerprint density at radius 1 is 1.27 bits per heavy atom. The zero-order chi connectivity index (χ0) is 15.3. The predicted molar refractivity (Wildman–Crippen MR) is 84.6 cm³/mol. The molecule has 1 aromatic heterocycles. The van der Waals surface area contributed by atoms with Crippen LogP contribution in [0.25, 0.3) is 0 Å². The van der Waals surface area contributed by atoms with E-state index in [0.29, 0.717) is 47.2 Å². The van der Waals surface area contributed by atoms with E-state index < -0.39 is 0 Å². The van der Waals surface area contributed by atoms with Gasteiger partial charge >= 0.3 is 0 Å². The van der Waals surface area contributed by atoms with Crippen molar-refractivity contribution in [2.75, 3.05) is 18.0 Å². The maximum absolute atomic E-state index is 12.4. The van der Waals surface area contributed by atoms with Crippen molar-refractivity contribution < 1.29 is 4.79 Å². The number of aromatic nitrogens is 2. The molecule has 2 aliphatic heterocycles. The van der Waals surface area contributed by atoms with Crippen LogP contribution in [-0.2, 0) is 6.54 Å². The number of anilines is 1. The van der Waals surface area contributed by atoms with Crippen LogP contribution < -0.4 is 4.90 Å². The maximum atomic E-state index is 12.4. The van der Waals surface area contributed by atoms with Gasteiger partial charge in [0.25, 0.3) is 5.91 Å². The van der Waals surface area contributed by atoms with Gasteiger partial charge in [-0.25, -0.2) is 4.98 Å². The van der Waals surface area contributed by atoms with E-state index in [9.17, 15) is 4.79 Å². The molecule has 1 aromatic carbocycles. The highest BCUT2D eigenvalue weighted by molar-refractivity contribution is 6.42. The molecule has 8 heteroatoms. The molecule has 2 aromatic rings. The Labute approximate surface area is 136 Å². The Balaban J connectivity index is 1.75. The summed E-state index contributed by atoms with van der Waals surface area (Å²) in [7, 11) is 0. The molecular formula is C14H11Cl2N5O. The van der Waals surface area contributed by atoms with Crippen molar-refractivity contribution >= 4 is 40.9 Å². The average Bonchev–Trinajstić information content (AvgIpc) is 3.16. The van der Waals surface area contributed by atoms with E-state index in [1.165, 1.54) is 6.33 Å². The van der Waals surface area contributed by atoms with Gasteiger partial charge in [-0.3, -0.25) is 19.6 Å². The Morgan fingerprint density at radius 3 is 2.95 bits per heavy atom. The second kappa shape index (κ2) is 5.00. The number of nitrogens with one attached hydrogen (secondary N) is 1. The van der Waals surface area contributed by atoms with Crippen molar-refractivity contribution in [1.82, 2.24) is 14.9 Å². The molecule has 0 atom stereocenters. The summed E-state index contributed by atoms with van der Waals surface area (Å²) >= 11 is 12.0. The molecule has 22 heavy (non-hydrogen) atoms. The molecule has 0 saturated carbocycles. The molecule has 0 aliphatic carbocycles. The molecule has 0 saturated heterocycles. The van der Waals surface area contributed by atoms with Gasteiger partial charge in [0, 0.05) is 6.54 Å². The monoisotopic (exact) mass is 335 g/mol. The summed E-state index contributed by atoms with van der Waals surface area (Å²) in [6.45, 7) is 1.70. The molecule has 0 radical (unpaired) electrons. The quantitative estimate of drug-likeness (QED) is 0.917. The van der Waals surface area contributed by atoms with Crippen molar-refractivity contribution in [2.24, 2.45) is 4.99 Å². The Bertz CT molecular complexity index is 800. The van der Waals surface area contributed by atoms with Gasteiger partial charge in [-0.1, -0.05) is 29.3 Å². The first kappa shape index (κ1) is 13.6. The summed E-state index contributed by atoms with van der Waals surface area (Å²) in [4.78, 5) is 27.6. The van der Waals surface area contributed by atoms with E-state index in [4.69, 9.17) is 23.2 Å². The van der Waals surface area contributed by atoms with Gasteiger partial charge in [-0.05, 0) is 17.7 Å². The highest BCUT2D eigenvalue weighted by Gasteiger charge is 2.39. The molecular weight excluding hydrogens is 325 g/mol. The molecule has 0 fully saturated rings. The number of amides is 1. The third kappa shape index (κ3) is 1.99. The van der Waals surface area contributed by atoms with E-state index in [2.05, 4.69) is 15.0 Å². The van der Waals surface area contributed by atoms with Crippen LogP contribution in [0.5, 0.6) is 0 Å². The molecule has 3 heterocycles. The Morgan fingerprint density at radius 2 is 2.14 bits per heavy atom. The van der Waals surface area contributed by atoms with Crippen LogP contribution in [0.15, 0.2) is 29.5 Å². The van der Waals surface area contributed by atoms with Crippen LogP contribution in [0.3, 0.4) is 0 Å². The third-order valence-electron chi connectivity index (χ3n) is 3.72. The van der Waals surface area contributed by atoms with E-state index in [1.807, 2.05) is 17.0 Å². The minimum atomic E-state index is -0.0888. The van der Waals surface area contributed by atoms with Gasteiger partial charge in [0.15, 0.2) is 5.82 Å². The fraction of sp³-hybridized carbons (Fsp3) is 0.214. The SMILES string of the molecule is O=C1c2[nH]cnc2N(Cc2ccc(Cl)c(Cl)c2)C2=NCCN12. The summed E-state index contributed by atoms with van der Waals surface area (Å²) in [6, 6.07) is 5.47. The predicted octanol–water partition coefficient (Wildman–Crippen LogP) is 2.55. The lowest BCUT2D eigenvalue weighted by Crippen LogP contribution is -2.49. The molecule has 112 valence electrons. The van der Waals surface area contributed by atoms with E-state index in [1.54, 1.807) is 11.0 Å². The van der Waals surface area contributed by atoms with E-state index in [-0.39, 0.29) is 5.91 Å². The highest BCUT2D eigenvalue weighted by atomic mass is 35.5. The lowest BCUT2D eigenvalue weighted by molar-refractivity contribution is 0.0846. The van der Waals surface area contributed by atoms with Crippen LogP contribution in [0.2, 0.25) is 10.0 Å². The van der Waals surface area contributed by atoms with Gasteiger partial charge in [0.2, 0.25) is 5.96 Å². The topological polar surface area (TPSA) is 64.6 Å². The lowest BCUT2D eigenvalue weighted by atomic mass is 10.2. The molecule has 6 nitrogen and oxygen atoms in total. The Kier molecular flexibility index (Phi) is 3.09. The fourth-order valence-corrected chi connectivity index (χ4v) is 3.02. The van der Waals surface area contributed by atoms with Gasteiger partial charge in [0.05, 0.1) is 29.5 Å². The highest BCUT2D eigenvalue weighted by Crippen LogP contribution is 2.30. The molecule has 0 spiro atoms. The molecule has 1 amide bonds. The molecule has 1 N–H and O–H groups in total. The van der Waals surface area contributed by atoms with Crippen molar-refractivity contribution in [2.45, 2.75) is 6.54 Å². The summed E-state index contributed by atoms with van der Waals surface area (Å²) in [6.07, 6.45) is 1.52. The number of rotatable bonds is 2. The normalized spacial score (nSPS) is 16.6. The number of carbonyl (C=O) groups excluding carboxylic acids is 1.